The molecule has 0 N–H and O–H groups in total. The molecule has 0 aromatic heterocycles. The average molecular weight is 261 g/mol. The minimum Gasteiger partial charge on any atom is -0.0575 e. The van der Waals surface area contributed by atoms with E-state index in [0.717, 1.165) is 3.57 Å². The summed E-state index contributed by atoms with van der Waals surface area (Å²) in [6.07, 6.45) is 0. The van der Waals surface area contributed by atoms with Crippen LogP contribution in [-0.2, 0) is 5.41 Å². The Morgan fingerprint density at radius 2 is 1.91 bits per heavy atom. The van der Waals surface area contributed by atoms with Crippen molar-refractivity contribution < 1.29 is 1.37 Å². The maximum atomic E-state index is 7.63. The Labute approximate surface area is 83.6 Å². The van der Waals surface area contributed by atoms with Crippen LogP contribution in [0.25, 0.3) is 0 Å². The molecule has 0 nitrogen and oxygen atoms in total. The number of hydrogen-bond acceptors (Lipinski definition) is 0. The molecular formula is C10H13I. The molecule has 0 amide bonds. The van der Waals surface area contributed by atoms with Gasteiger partial charge in [-0.2, -0.15) is 0 Å². The average Bonchev–Trinajstić information content (AvgIpc) is 1.92. The molecule has 0 heterocycles. The van der Waals surface area contributed by atoms with Gasteiger partial charge in [-0.05, 0) is 45.7 Å². The Kier molecular flexibility index (Phi) is 2.16. The van der Waals surface area contributed by atoms with E-state index in [4.69, 9.17) is 1.37 Å². The SMILES string of the molecule is [2H]c1cc(C(C)(C)C)ccc1I. The first-order valence-electron chi connectivity index (χ1n) is 4.18. The summed E-state index contributed by atoms with van der Waals surface area (Å²) in [7, 11) is 0. The quantitative estimate of drug-likeness (QED) is 0.626. The summed E-state index contributed by atoms with van der Waals surface area (Å²) >= 11 is 2.18. The highest BCUT2D eigenvalue weighted by atomic mass is 127. The summed E-state index contributed by atoms with van der Waals surface area (Å²) in [4.78, 5) is 0. The van der Waals surface area contributed by atoms with Gasteiger partial charge >= 0.3 is 0 Å². The van der Waals surface area contributed by atoms with E-state index in [1.54, 1.807) is 0 Å². The molecule has 0 radical (unpaired) electrons. The predicted octanol–water partition coefficient (Wildman–Crippen LogP) is 3.59. The molecule has 0 spiro atoms. The van der Waals surface area contributed by atoms with Gasteiger partial charge < -0.3 is 0 Å². The maximum Gasteiger partial charge on any atom is 0.0634 e. The molecule has 1 aromatic carbocycles. The van der Waals surface area contributed by atoms with Crippen molar-refractivity contribution in [3.63, 3.8) is 0 Å². The van der Waals surface area contributed by atoms with Gasteiger partial charge in [-0.1, -0.05) is 32.9 Å². The largest absolute Gasteiger partial charge is 0.0634 e. The first-order chi connectivity index (χ1) is 5.41. The monoisotopic (exact) mass is 261 g/mol. The molecule has 1 rings (SSSR count). The van der Waals surface area contributed by atoms with E-state index in [1.807, 2.05) is 12.1 Å². The third-order valence-corrected chi connectivity index (χ3v) is 2.31. The highest BCUT2D eigenvalue weighted by Gasteiger charge is 2.11. The molecule has 0 fully saturated rings. The fourth-order valence-electron chi connectivity index (χ4n) is 0.872. The third kappa shape index (κ3) is 2.47. The number of rotatable bonds is 0. The molecule has 0 aliphatic rings. The second kappa shape index (κ2) is 3.13. The Bertz CT molecular complexity index is 286. The first-order valence-corrected chi connectivity index (χ1v) is 4.76. The van der Waals surface area contributed by atoms with Crippen molar-refractivity contribution in [2.75, 3.05) is 0 Å². The molecule has 0 bridgehead atoms. The number of benzene rings is 1. The summed E-state index contributed by atoms with van der Waals surface area (Å²) in [5.41, 5.74) is 1.38. The summed E-state index contributed by atoms with van der Waals surface area (Å²) < 4.78 is 8.65. The van der Waals surface area contributed by atoms with Crippen molar-refractivity contribution >= 4 is 22.6 Å². The third-order valence-electron chi connectivity index (χ3n) is 1.64. The molecular weight excluding hydrogens is 247 g/mol. The highest BCUT2D eigenvalue weighted by Crippen LogP contribution is 2.22. The van der Waals surface area contributed by atoms with Crippen LogP contribution in [0.4, 0.5) is 0 Å². The van der Waals surface area contributed by atoms with E-state index >= 15 is 0 Å². The van der Waals surface area contributed by atoms with Crippen LogP contribution >= 0.6 is 22.6 Å². The zero-order valence-electron chi connectivity index (χ0n) is 8.11. The van der Waals surface area contributed by atoms with E-state index in [0.29, 0.717) is 6.04 Å². The van der Waals surface area contributed by atoms with Crippen molar-refractivity contribution in [1.82, 2.24) is 0 Å². The van der Waals surface area contributed by atoms with Gasteiger partial charge in [-0.3, -0.25) is 0 Å². The Balaban J connectivity index is 3.14. The van der Waals surface area contributed by atoms with Crippen molar-refractivity contribution in [2.45, 2.75) is 26.2 Å². The smallest absolute Gasteiger partial charge is 0.0575 e. The normalized spacial score (nSPS) is 12.9. The molecule has 1 heteroatoms. The van der Waals surface area contributed by atoms with Crippen molar-refractivity contribution in [2.24, 2.45) is 0 Å². The van der Waals surface area contributed by atoms with Gasteiger partial charge in [0.05, 0.1) is 1.37 Å². The molecule has 0 saturated heterocycles. The van der Waals surface area contributed by atoms with Gasteiger partial charge in [0.15, 0.2) is 0 Å². The summed E-state index contributed by atoms with van der Waals surface area (Å²) in [6, 6.07) is 6.67. The standard InChI is InChI=1S/C10H13I/c1-10(2,3)8-4-6-9(11)7-5-8/h4-7H,1-3H3/i6D. The molecule has 0 unspecified atom stereocenters. The van der Waals surface area contributed by atoms with Gasteiger partial charge in [0.1, 0.15) is 0 Å². The minimum absolute atomic E-state index is 0.153. The maximum absolute atomic E-state index is 7.63. The van der Waals surface area contributed by atoms with Crippen LogP contribution in [-0.4, -0.2) is 0 Å². The van der Waals surface area contributed by atoms with Gasteiger partial charge in [0.2, 0.25) is 0 Å². The summed E-state index contributed by atoms with van der Waals surface area (Å²) in [5.74, 6) is 0. The molecule has 0 aliphatic carbocycles. The van der Waals surface area contributed by atoms with Crippen molar-refractivity contribution in [1.29, 1.82) is 0 Å². The van der Waals surface area contributed by atoms with E-state index in [9.17, 15) is 0 Å². The van der Waals surface area contributed by atoms with Crippen LogP contribution in [0.2, 0.25) is 0 Å². The van der Waals surface area contributed by atoms with Gasteiger partial charge in [0, 0.05) is 3.57 Å². The fraction of sp³-hybridized carbons (Fsp3) is 0.400. The Morgan fingerprint density at radius 1 is 1.27 bits per heavy atom. The fourth-order valence-corrected chi connectivity index (χ4v) is 1.21. The van der Waals surface area contributed by atoms with E-state index in [1.165, 1.54) is 5.56 Å². The topological polar surface area (TPSA) is 0 Å². The van der Waals surface area contributed by atoms with Gasteiger partial charge in [0.25, 0.3) is 0 Å². The summed E-state index contributed by atoms with van der Waals surface area (Å²) in [5, 5.41) is 0. The predicted molar refractivity (Wildman–Crippen MR) is 57.9 cm³/mol. The van der Waals surface area contributed by atoms with Crippen LogP contribution in [0, 0.1) is 3.57 Å². The van der Waals surface area contributed by atoms with E-state index in [2.05, 4.69) is 49.4 Å². The zero-order valence-corrected chi connectivity index (χ0v) is 9.27. The lowest BCUT2D eigenvalue weighted by atomic mass is 9.87. The molecule has 1 aromatic rings. The second-order valence-electron chi connectivity index (χ2n) is 3.68. The van der Waals surface area contributed by atoms with E-state index < -0.39 is 0 Å². The molecule has 0 aliphatic heterocycles. The lowest BCUT2D eigenvalue weighted by Gasteiger charge is -2.18. The minimum atomic E-state index is 0.153. The molecule has 0 saturated carbocycles. The van der Waals surface area contributed by atoms with Crippen molar-refractivity contribution in [3.05, 3.63) is 33.4 Å². The second-order valence-corrected chi connectivity index (χ2v) is 4.84. The van der Waals surface area contributed by atoms with Crippen LogP contribution < -0.4 is 0 Å². The highest BCUT2D eigenvalue weighted by molar-refractivity contribution is 14.1. The van der Waals surface area contributed by atoms with Gasteiger partial charge in [-0.15, -0.1) is 0 Å². The van der Waals surface area contributed by atoms with Gasteiger partial charge in [-0.25, -0.2) is 0 Å². The van der Waals surface area contributed by atoms with Crippen LogP contribution in [0.3, 0.4) is 0 Å². The Morgan fingerprint density at radius 3 is 2.36 bits per heavy atom. The Hall–Kier alpha value is -0.0500. The molecule has 11 heavy (non-hydrogen) atoms. The van der Waals surface area contributed by atoms with E-state index in [-0.39, 0.29) is 5.41 Å². The van der Waals surface area contributed by atoms with Crippen LogP contribution in [0.1, 0.15) is 27.7 Å². The number of halogens is 1. The van der Waals surface area contributed by atoms with Crippen molar-refractivity contribution in [3.8, 4) is 0 Å². The van der Waals surface area contributed by atoms with Crippen LogP contribution in [0.5, 0.6) is 0 Å². The first kappa shape index (κ1) is 7.59. The lowest BCUT2D eigenvalue weighted by Crippen LogP contribution is -2.10. The lowest BCUT2D eigenvalue weighted by molar-refractivity contribution is 0.590. The zero-order chi connectivity index (χ0) is 9.35. The van der Waals surface area contributed by atoms with Crippen LogP contribution in [0.15, 0.2) is 24.2 Å². The number of hydrogen-bond donors (Lipinski definition) is 0. The molecule has 60 valence electrons. The molecule has 0 atom stereocenters. The summed E-state index contributed by atoms with van der Waals surface area (Å²) in [6.45, 7) is 6.48.